The smallest absolute Gasteiger partial charge is 0.277 e. The number of sulfonamides is 1. The van der Waals surface area contributed by atoms with Crippen LogP contribution in [-0.2, 0) is 10.0 Å². The fourth-order valence-electron chi connectivity index (χ4n) is 2.64. The molecule has 0 saturated carbocycles. The number of nitrogens with zero attached hydrogens (tertiary/aromatic N) is 2. The van der Waals surface area contributed by atoms with Crippen LogP contribution < -0.4 is 0 Å². The van der Waals surface area contributed by atoms with E-state index in [4.69, 9.17) is 0 Å². The lowest BCUT2D eigenvalue weighted by Crippen LogP contribution is -2.45. The summed E-state index contributed by atoms with van der Waals surface area (Å²) in [5.74, 6) is 0. The predicted molar refractivity (Wildman–Crippen MR) is 74.7 cm³/mol. The molecule has 2 heterocycles. The molecule has 1 aromatic carbocycles. The van der Waals surface area contributed by atoms with Gasteiger partial charge >= 0.3 is 0 Å². The van der Waals surface area contributed by atoms with Crippen LogP contribution in [0.1, 0.15) is 19.3 Å². The van der Waals surface area contributed by atoms with Gasteiger partial charge in [0.25, 0.3) is 10.0 Å². The topological polar surface area (TPSA) is 86.3 Å². The summed E-state index contributed by atoms with van der Waals surface area (Å²) in [4.78, 5) is 7.02. The van der Waals surface area contributed by atoms with Crippen molar-refractivity contribution in [2.45, 2.75) is 30.5 Å². The molecule has 1 aliphatic heterocycles. The molecular formula is C13H17N3O3S. The number of piperidine rings is 1. The van der Waals surface area contributed by atoms with E-state index in [-0.39, 0.29) is 17.8 Å². The van der Waals surface area contributed by atoms with Gasteiger partial charge < -0.3 is 10.1 Å². The van der Waals surface area contributed by atoms with Crippen LogP contribution >= 0.6 is 0 Å². The minimum absolute atomic E-state index is 0.0425. The summed E-state index contributed by atoms with van der Waals surface area (Å²) >= 11 is 0. The second kappa shape index (κ2) is 5.16. The number of H-pyrrole nitrogens is 1. The van der Waals surface area contributed by atoms with Crippen molar-refractivity contribution in [3.05, 3.63) is 24.3 Å². The largest absolute Gasteiger partial charge is 0.395 e. The number of imidazole rings is 1. The Morgan fingerprint density at radius 2 is 2.15 bits per heavy atom. The molecule has 0 aliphatic carbocycles. The zero-order chi connectivity index (χ0) is 14.2. The number of para-hydroxylation sites is 2. The van der Waals surface area contributed by atoms with Crippen molar-refractivity contribution < 1.29 is 13.5 Å². The summed E-state index contributed by atoms with van der Waals surface area (Å²) in [5, 5.41) is 9.33. The second-order valence-electron chi connectivity index (χ2n) is 5.01. The molecule has 0 bridgehead atoms. The SMILES string of the molecule is O=S(=O)(c1nc2ccccc2[nH]1)N1CCCCC1CO. The minimum Gasteiger partial charge on any atom is -0.395 e. The summed E-state index contributed by atoms with van der Waals surface area (Å²) in [5.41, 5.74) is 1.33. The third-order valence-electron chi connectivity index (χ3n) is 3.70. The molecule has 1 aliphatic rings. The lowest BCUT2D eigenvalue weighted by Gasteiger charge is -2.32. The monoisotopic (exact) mass is 295 g/mol. The van der Waals surface area contributed by atoms with Gasteiger partial charge in [-0.05, 0) is 25.0 Å². The number of nitrogens with one attached hydrogen (secondary N) is 1. The van der Waals surface area contributed by atoms with E-state index in [1.165, 1.54) is 4.31 Å². The maximum atomic E-state index is 12.6. The standard InChI is InChI=1S/C13H17N3O3S/c17-9-10-5-3-4-8-16(10)20(18,19)13-14-11-6-1-2-7-12(11)15-13/h1-2,6-7,10,17H,3-5,8-9H2,(H,14,15). The summed E-state index contributed by atoms with van der Waals surface area (Å²) in [7, 11) is -3.68. The van der Waals surface area contributed by atoms with E-state index in [2.05, 4.69) is 9.97 Å². The average Bonchev–Trinajstić information content (AvgIpc) is 2.92. The third kappa shape index (κ3) is 2.21. The van der Waals surface area contributed by atoms with Crippen LogP contribution in [0.15, 0.2) is 29.4 Å². The summed E-state index contributed by atoms with van der Waals surface area (Å²) in [6.45, 7) is 0.282. The van der Waals surface area contributed by atoms with Crippen LogP contribution in [0.2, 0.25) is 0 Å². The first kappa shape index (κ1) is 13.5. The fourth-order valence-corrected chi connectivity index (χ4v) is 4.24. The van der Waals surface area contributed by atoms with E-state index in [0.29, 0.717) is 24.0 Å². The van der Waals surface area contributed by atoms with E-state index >= 15 is 0 Å². The molecule has 2 aromatic rings. The number of aromatic amines is 1. The van der Waals surface area contributed by atoms with E-state index in [1.54, 1.807) is 12.1 Å². The summed E-state index contributed by atoms with van der Waals surface area (Å²) in [6.07, 6.45) is 2.45. The highest BCUT2D eigenvalue weighted by molar-refractivity contribution is 7.89. The molecule has 6 nitrogen and oxygen atoms in total. The summed E-state index contributed by atoms with van der Waals surface area (Å²) in [6, 6.07) is 6.86. The van der Waals surface area contributed by atoms with Crippen molar-refractivity contribution in [3.63, 3.8) is 0 Å². The molecule has 0 spiro atoms. The summed E-state index contributed by atoms with van der Waals surface area (Å²) < 4.78 is 26.7. The van der Waals surface area contributed by atoms with Crippen LogP contribution in [0.25, 0.3) is 11.0 Å². The molecule has 0 amide bonds. The van der Waals surface area contributed by atoms with Crippen LogP contribution in [0.4, 0.5) is 0 Å². The quantitative estimate of drug-likeness (QED) is 0.887. The Morgan fingerprint density at radius 1 is 1.35 bits per heavy atom. The van der Waals surface area contributed by atoms with Gasteiger partial charge in [0.05, 0.1) is 17.6 Å². The van der Waals surface area contributed by atoms with Crippen LogP contribution in [0.5, 0.6) is 0 Å². The average molecular weight is 295 g/mol. The van der Waals surface area contributed by atoms with Gasteiger partial charge in [0.15, 0.2) is 0 Å². The molecule has 2 N–H and O–H groups in total. The van der Waals surface area contributed by atoms with E-state index in [1.807, 2.05) is 12.1 Å². The highest BCUT2D eigenvalue weighted by Crippen LogP contribution is 2.25. The molecule has 1 atom stereocenters. The van der Waals surface area contributed by atoms with Crippen LogP contribution in [0.3, 0.4) is 0 Å². The first-order chi connectivity index (χ1) is 9.63. The fraction of sp³-hybridized carbons (Fsp3) is 0.462. The van der Waals surface area contributed by atoms with Gasteiger partial charge in [-0.2, -0.15) is 4.31 Å². The number of hydrogen-bond acceptors (Lipinski definition) is 4. The molecule has 1 aromatic heterocycles. The Hall–Kier alpha value is -1.44. The second-order valence-corrected chi connectivity index (χ2v) is 6.81. The highest BCUT2D eigenvalue weighted by Gasteiger charge is 2.35. The van der Waals surface area contributed by atoms with Crippen LogP contribution in [0, 0.1) is 0 Å². The van der Waals surface area contributed by atoms with E-state index in [9.17, 15) is 13.5 Å². The van der Waals surface area contributed by atoms with Gasteiger partial charge in [-0.25, -0.2) is 13.4 Å². The normalized spacial score (nSPS) is 21.4. The van der Waals surface area contributed by atoms with Gasteiger partial charge in [0.2, 0.25) is 5.16 Å². The molecular weight excluding hydrogens is 278 g/mol. The maximum Gasteiger partial charge on any atom is 0.277 e. The Balaban J connectivity index is 2.01. The Labute approximate surface area is 117 Å². The van der Waals surface area contributed by atoms with Gasteiger partial charge in [0, 0.05) is 12.6 Å². The van der Waals surface area contributed by atoms with Crippen molar-refractivity contribution in [1.82, 2.24) is 14.3 Å². The number of fused-ring (bicyclic) bond motifs is 1. The zero-order valence-corrected chi connectivity index (χ0v) is 11.8. The number of aliphatic hydroxyl groups excluding tert-OH is 1. The lowest BCUT2D eigenvalue weighted by molar-refractivity contribution is 0.154. The van der Waals surface area contributed by atoms with Crippen molar-refractivity contribution in [1.29, 1.82) is 0 Å². The number of aromatic nitrogens is 2. The Bertz CT molecular complexity index is 677. The van der Waals surface area contributed by atoms with E-state index in [0.717, 1.165) is 12.8 Å². The number of rotatable bonds is 3. The van der Waals surface area contributed by atoms with Crippen molar-refractivity contribution in [2.75, 3.05) is 13.2 Å². The van der Waals surface area contributed by atoms with Crippen molar-refractivity contribution >= 4 is 21.1 Å². The van der Waals surface area contributed by atoms with E-state index < -0.39 is 10.0 Å². The number of hydrogen-bond donors (Lipinski definition) is 2. The molecule has 108 valence electrons. The molecule has 1 fully saturated rings. The number of benzene rings is 1. The maximum absolute atomic E-state index is 12.6. The Morgan fingerprint density at radius 3 is 2.90 bits per heavy atom. The molecule has 1 saturated heterocycles. The van der Waals surface area contributed by atoms with Gasteiger partial charge in [-0.15, -0.1) is 0 Å². The van der Waals surface area contributed by atoms with Crippen molar-refractivity contribution in [3.8, 4) is 0 Å². The Kier molecular flexibility index (Phi) is 3.49. The van der Waals surface area contributed by atoms with Crippen molar-refractivity contribution in [2.24, 2.45) is 0 Å². The molecule has 1 unspecified atom stereocenters. The first-order valence-electron chi connectivity index (χ1n) is 6.70. The first-order valence-corrected chi connectivity index (χ1v) is 8.14. The van der Waals surface area contributed by atoms with Gasteiger partial charge in [0.1, 0.15) is 0 Å². The highest BCUT2D eigenvalue weighted by atomic mass is 32.2. The zero-order valence-electron chi connectivity index (χ0n) is 11.0. The lowest BCUT2D eigenvalue weighted by atomic mass is 10.1. The van der Waals surface area contributed by atoms with Crippen LogP contribution in [-0.4, -0.2) is 47.0 Å². The van der Waals surface area contributed by atoms with Gasteiger partial charge in [-0.1, -0.05) is 18.6 Å². The van der Waals surface area contributed by atoms with Gasteiger partial charge in [-0.3, -0.25) is 0 Å². The molecule has 7 heteroatoms. The molecule has 0 radical (unpaired) electrons. The minimum atomic E-state index is -3.68. The predicted octanol–water partition coefficient (Wildman–Crippen LogP) is 1.10. The number of aliphatic hydroxyl groups is 1. The molecule has 20 heavy (non-hydrogen) atoms. The molecule has 3 rings (SSSR count). The third-order valence-corrected chi connectivity index (χ3v) is 5.48.